The first-order valence-electron chi connectivity index (χ1n) is 4.72. The van der Waals surface area contributed by atoms with E-state index < -0.39 is 0 Å². The normalized spacial score (nSPS) is 35.6. The minimum absolute atomic E-state index is 0. The number of carbonyl (C=O) groups excluding carboxylic acids is 1. The number of hydrogen-bond acceptors (Lipinski definition) is 3. The molecule has 2 saturated heterocycles. The number of nitrogens with zero attached hydrogens (tertiary/aromatic N) is 1. The van der Waals surface area contributed by atoms with E-state index in [-0.39, 0.29) is 24.4 Å². The monoisotopic (exact) mass is 205 g/mol. The fourth-order valence-corrected chi connectivity index (χ4v) is 2.29. The van der Waals surface area contributed by atoms with Crippen LogP contribution < -0.4 is 0 Å². The third-order valence-corrected chi connectivity index (χ3v) is 2.87. The summed E-state index contributed by atoms with van der Waals surface area (Å²) in [6.07, 6.45) is 2.30. The molecule has 2 unspecified atom stereocenters. The molecule has 2 heterocycles. The Balaban J connectivity index is 0.000000845. The summed E-state index contributed by atoms with van der Waals surface area (Å²) < 4.78 is 5.00. The van der Waals surface area contributed by atoms with Crippen molar-refractivity contribution in [3.05, 3.63) is 0 Å². The zero-order valence-corrected chi connectivity index (χ0v) is 8.68. The Morgan fingerprint density at radius 2 is 2.38 bits per heavy atom. The van der Waals surface area contributed by atoms with Gasteiger partial charge in [0.2, 0.25) is 0 Å². The van der Waals surface area contributed by atoms with E-state index in [0.717, 1.165) is 25.4 Å². The fourth-order valence-electron chi connectivity index (χ4n) is 2.29. The SMILES string of the molecule is CCOC(=O)C1C[C@@H]2CCN1C2.Cl. The largest absolute Gasteiger partial charge is 0.465 e. The number of ether oxygens (including phenoxy) is 1. The topological polar surface area (TPSA) is 29.5 Å². The van der Waals surface area contributed by atoms with Gasteiger partial charge in [0, 0.05) is 6.54 Å². The van der Waals surface area contributed by atoms with Gasteiger partial charge in [-0.15, -0.1) is 12.4 Å². The quantitative estimate of drug-likeness (QED) is 0.632. The summed E-state index contributed by atoms with van der Waals surface area (Å²) in [5.74, 6) is 0.749. The zero-order chi connectivity index (χ0) is 8.55. The molecule has 3 atom stereocenters. The number of esters is 1. The van der Waals surface area contributed by atoms with Crippen LogP contribution in [-0.4, -0.2) is 36.6 Å². The first kappa shape index (κ1) is 10.8. The van der Waals surface area contributed by atoms with E-state index in [9.17, 15) is 4.79 Å². The highest BCUT2D eigenvalue weighted by molar-refractivity contribution is 5.85. The van der Waals surface area contributed by atoms with Gasteiger partial charge < -0.3 is 4.74 Å². The Morgan fingerprint density at radius 3 is 2.85 bits per heavy atom. The van der Waals surface area contributed by atoms with E-state index in [4.69, 9.17) is 4.74 Å². The van der Waals surface area contributed by atoms with Gasteiger partial charge in [0.05, 0.1) is 6.61 Å². The Kier molecular flexibility index (Phi) is 3.56. The van der Waals surface area contributed by atoms with Crippen molar-refractivity contribution in [3.63, 3.8) is 0 Å². The third kappa shape index (κ3) is 1.97. The number of halogens is 1. The lowest BCUT2D eigenvalue weighted by atomic mass is 10.0. The van der Waals surface area contributed by atoms with Crippen LogP contribution >= 0.6 is 12.4 Å². The van der Waals surface area contributed by atoms with Gasteiger partial charge in [-0.1, -0.05) is 0 Å². The second-order valence-electron chi connectivity index (χ2n) is 3.65. The number of hydrogen-bond donors (Lipinski definition) is 0. The predicted octanol–water partition coefficient (Wildman–Crippen LogP) is 1.07. The average Bonchev–Trinajstić information content (AvgIpc) is 2.64. The number of piperidine rings is 1. The molecule has 0 spiro atoms. The number of rotatable bonds is 2. The summed E-state index contributed by atoms with van der Waals surface area (Å²) in [4.78, 5) is 13.6. The van der Waals surface area contributed by atoms with Crippen molar-refractivity contribution in [2.45, 2.75) is 25.8 Å². The molecule has 2 aliphatic heterocycles. The number of carbonyl (C=O) groups is 1. The van der Waals surface area contributed by atoms with Gasteiger partial charge in [-0.05, 0) is 32.2 Å². The standard InChI is InChI=1S/C9H15NO2.ClH/c1-2-12-9(11)8-5-7-3-4-10(8)6-7;/h7-8H,2-6H2,1H3;1H/t7-,8?;/m0./s1. The molecule has 2 bridgehead atoms. The third-order valence-electron chi connectivity index (χ3n) is 2.87. The molecule has 76 valence electrons. The molecule has 0 amide bonds. The van der Waals surface area contributed by atoms with Crippen molar-refractivity contribution >= 4 is 18.4 Å². The van der Waals surface area contributed by atoms with Crippen LogP contribution in [0, 0.1) is 5.92 Å². The minimum atomic E-state index is -0.0142. The second-order valence-corrected chi connectivity index (χ2v) is 3.65. The molecule has 0 radical (unpaired) electrons. The van der Waals surface area contributed by atoms with E-state index in [2.05, 4.69) is 4.90 Å². The Bertz CT molecular complexity index is 198. The summed E-state index contributed by atoms with van der Waals surface area (Å²) in [7, 11) is 0. The van der Waals surface area contributed by atoms with E-state index in [0.29, 0.717) is 6.61 Å². The van der Waals surface area contributed by atoms with Gasteiger partial charge in [-0.25, -0.2) is 0 Å². The maximum Gasteiger partial charge on any atom is 0.323 e. The highest BCUT2D eigenvalue weighted by Gasteiger charge is 2.41. The molecule has 0 aromatic rings. The van der Waals surface area contributed by atoms with E-state index in [1.807, 2.05) is 6.92 Å². The molecule has 2 fully saturated rings. The Morgan fingerprint density at radius 1 is 1.62 bits per heavy atom. The van der Waals surface area contributed by atoms with Gasteiger partial charge in [0.25, 0.3) is 0 Å². The average molecular weight is 206 g/mol. The van der Waals surface area contributed by atoms with Crippen molar-refractivity contribution in [2.75, 3.05) is 19.7 Å². The van der Waals surface area contributed by atoms with Crippen LogP contribution in [0.25, 0.3) is 0 Å². The predicted molar refractivity (Wildman–Crippen MR) is 52.0 cm³/mol. The van der Waals surface area contributed by atoms with Crippen LogP contribution in [0.3, 0.4) is 0 Å². The first-order valence-corrected chi connectivity index (χ1v) is 4.72. The second kappa shape index (κ2) is 4.29. The minimum Gasteiger partial charge on any atom is -0.465 e. The summed E-state index contributed by atoms with van der Waals surface area (Å²) in [5, 5.41) is 0. The fraction of sp³-hybridized carbons (Fsp3) is 0.889. The molecule has 3 nitrogen and oxygen atoms in total. The Labute approximate surface area is 84.8 Å². The summed E-state index contributed by atoms with van der Waals surface area (Å²) >= 11 is 0. The van der Waals surface area contributed by atoms with Crippen LogP contribution in [0.2, 0.25) is 0 Å². The zero-order valence-electron chi connectivity index (χ0n) is 7.86. The molecule has 0 aliphatic carbocycles. The highest BCUT2D eigenvalue weighted by Crippen LogP contribution is 2.33. The van der Waals surface area contributed by atoms with E-state index >= 15 is 0 Å². The molecule has 0 saturated carbocycles. The molecule has 2 rings (SSSR count). The molecule has 4 heteroatoms. The van der Waals surface area contributed by atoms with E-state index in [1.54, 1.807) is 0 Å². The Hall–Kier alpha value is -0.280. The van der Waals surface area contributed by atoms with Gasteiger partial charge >= 0.3 is 5.97 Å². The molecular formula is C9H16ClNO2. The molecular weight excluding hydrogens is 190 g/mol. The van der Waals surface area contributed by atoms with Crippen LogP contribution in [0.4, 0.5) is 0 Å². The lowest BCUT2D eigenvalue weighted by molar-refractivity contribution is -0.148. The van der Waals surface area contributed by atoms with Crippen molar-refractivity contribution in [1.82, 2.24) is 4.90 Å². The van der Waals surface area contributed by atoms with Gasteiger partial charge in [-0.2, -0.15) is 0 Å². The summed E-state index contributed by atoms with van der Waals surface area (Å²) in [6.45, 7) is 4.58. The first-order chi connectivity index (χ1) is 5.81. The molecule has 0 N–H and O–H groups in total. The van der Waals surface area contributed by atoms with Crippen molar-refractivity contribution in [1.29, 1.82) is 0 Å². The van der Waals surface area contributed by atoms with Crippen molar-refractivity contribution in [3.8, 4) is 0 Å². The van der Waals surface area contributed by atoms with Crippen molar-refractivity contribution < 1.29 is 9.53 Å². The van der Waals surface area contributed by atoms with E-state index in [1.165, 1.54) is 6.42 Å². The smallest absolute Gasteiger partial charge is 0.323 e. The highest BCUT2D eigenvalue weighted by atomic mass is 35.5. The maximum absolute atomic E-state index is 11.4. The van der Waals surface area contributed by atoms with Crippen LogP contribution in [0.15, 0.2) is 0 Å². The summed E-state index contributed by atoms with van der Waals surface area (Å²) in [6, 6.07) is 0.0868. The van der Waals surface area contributed by atoms with Crippen molar-refractivity contribution in [2.24, 2.45) is 5.92 Å². The van der Waals surface area contributed by atoms with Gasteiger partial charge in [-0.3, -0.25) is 9.69 Å². The molecule has 0 aromatic carbocycles. The van der Waals surface area contributed by atoms with Crippen LogP contribution in [0.5, 0.6) is 0 Å². The van der Waals surface area contributed by atoms with Gasteiger partial charge in [0.1, 0.15) is 6.04 Å². The maximum atomic E-state index is 11.4. The van der Waals surface area contributed by atoms with Crippen LogP contribution in [-0.2, 0) is 9.53 Å². The molecule has 0 aromatic heterocycles. The van der Waals surface area contributed by atoms with Gasteiger partial charge in [0.15, 0.2) is 0 Å². The molecule has 2 aliphatic rings. The summed E-state index contributed by atoms with van der Waals surface area (Å²) in [5.41, 5.74) is 0. The molecule has 13 heavy (non-hydrogen) atoms. The lowest BCUT2D eigenvalue weighted by Gasteiger charge is -2.22. The van der Waals surface area contributed by atoms with Crippen LogP contribution in [0.1, 0.15) is 19.8 Å². The lowest BCUT2D eigenvalue weighted by Crippen LogP contribution is -2.37. The number of fused-ring (bicyclic) bond motifs is 2.